The molecule has 0 aromatic carbocycles. The lowest BCUT2D eigenvalue weighted by atomic mass is 10.0. The van der Waals surface area contributed by atoms with Crippen LogP contribution in [0.4, 0.5) is 0 Å². The highest BCUT2D eigenvalue weighted by Crippen LogP contribution is 2.18. The number of cyclic esters (lactones) is 2. The number of hydrogen-bond donors (Lipinski definition) is 0. The molecule has 1 aliphatic rings. The Hall–Kier alpha value is -1.12. The van der Waals surface area contributed by atoms with Crippen molar-refractivity contribution < 1.29 is 14.3 Å². The van der Waals surface area contributed by atoms with Crippen LogP contribution in [0.1, 0.15) is 12.8 Å². The smallest absolute Gasteiger partial charge is 0.317 e. The predicted molar refractivity (Wildman–Crippen MR) is 34.0 cm³/mol. The third-order valence-electron chi connectivity index (χ3n) is 1.41. The number of ether oxygens (including phenoxy) is 1. The third-order valence-corrected chi connectivity index (χ3v) is 1.41. The van der Waals surface area contributed by atoms with Crippen molar-refractivity contribution in [2.75, 3.05) is 0 Å². The second-order valence-electron chi connectivity index (χ2n) is 2.22. The van der Waals surface area contributed by atoms with E-state index in [2.05, 4.69) is 11.3 Å². The van der Waals surface area contributed by atoms with Gasteiger partial charge in [0.05, 0.1) is 12.3 Å². The monoisotopic (exact) mass is 140 g/mol. The Bertz CT molecular complexity index is 183. The summed E-state index contributed by atoms with van der Waals surface area (Å²) in [5, 5.41) is 0. The van der Waals surface area contributed by atoms with E-state index in [-0.39, 0.29) is 12.3 Å². The largest absolute Gasteiger partial charge is 0.393 e. The second kappa shape index (κ2) is 2.64. The molecule has 1 aliphatic heterocycles. The van der Waals surface area contributed by atoms with Gasteiger partial charge < -0.3 is 4.74 Å². The van der Waals surface area contributed by atoms with Crippen molar-refractivity contribution in [1.29, 1.82) is 0 Å². The summed E-state index contributed by atoms with van der Waals surface area (Å²) in [6.45, 7) is 3.46. The maximum Gasteiger partial charge on any atom is 0.317 e. The minimum Gasteiger partial charge on any atom is -0.393 e. The van der Waals surface area contributed by atoms with E-state index in [0.717, 1.165) is 0 Å². The normalized spacial score (nSPS) is 24.6. The summed E-state index contributed by atoms with van der Waals surface area (Å²) in [6, 6.07) is 0. The maximum absolute atomic E-state index is 10.7. The first-order chi connectivity index (χ1) is 4.74. The zero-order valence-electron chi connectivity index (χ0n) is 5.50. The minimum atomic E-state index is -0.420. The quantitative estimate of drug-likeness (QED) is 0.321. The number of hydrogen-bond acceptors (Lipinski definition) is 3. The van der Waals surface area contributed by atoms with Crippen molar-refractivity contribution in [2.24, 2.45) is 5.92 Å². The van der Waals surface area contributed by atoms with E-state index in [1.165, 1.54) is 0 Å². The molecule has 0 aliphatic carbocycles. The molecule has 54 valence electrons. The van der Waals surface area contributed by atoms with Gasteiger partial charge in [-0.15, -0.1) is 6.58 Å². The maximum atomic E-state index is 10.7. The highest BCUT2D eigenvalue weighted by Gasteiger charge is 2.31. The molecule has 1 fully saturated rings. The lowest BCUT2D eigenvalue weighted by Gasteiger charge is -1.95. The van der Waals surface area contributed by atoms with E-state index in [1.807, 2.05) is 0 Å². The van der Waals surface area contributed by atoms with E-state index in [1.54, 1.807) is 6.08 Å². The summed E-state index contributed by atoms with van der Waals surface area (Å²) in [5.74, 6) is -1.10. The zero-order chi connectivity index (χ0) is 7.56. The van der Waals surface area contributed by atoms with Crippen molar-refractivity contribution in [3.63, 3.8) is 0 Å². The van der Waals surface area contributed by atoms with Crippen LogP contribution in [-0.2, 0) is 14.3 Å². The van der Waals surface area contributed by atoms with Gasteiger partial charge in [-0.2, -0.15) is 0 Å². The Labute approximate surface area is 58.7 Å². The van der Waals surface area contributed by atoms with E-state index in [9.17, 15) is 9.59 Å². The first-order valence-corrected chi connectivity index (χ1v) is 3.09. The first-order valence-electron chi connectivity index (χ1n) is 3.09. The van der Waals surface area contributed by atoms with Crippen molar-refractivity contribution in [2.45, 2.75) is 12.8 Å². The fourth-order valence-corrected chi connectivity index (χ4v) is 0.902. The van der Waals surface area contributed by atoms with Gasteiger partial charge in [0, 0.05) is 0 Å². The van der Waals surface area contributed by atoms with Crippen molar-refractivity contribution in [3.8, 4) is 0 Å². The van der Waals surface area contributed by atoms with Gasteiger partial charge in [-0.05, 0) is 6.42 Å². The molecule has 0 N–H and O–H groups in total. The first kappa shape index (κ1) is 6.99. The highest BCUT2D eigenvalue weighted by atomic mass is 16.6. The van der Waals surface area contributed by atoms with Crippen LogP contribution in [0, 0.1) is 5.92 Å². The summed E-state index contributed by atoms with van der Waals surface area (Å²) >= 11 is 0. The Balaban J connectivity index is 2.54. The molecule has 0 unspecified atom stereocenters. The molecule has 3 nitrogen and oxygen atoms in total. The van der Waals surface area contributed by atoms with Gasteiger partial charge in [-0.1, -0.05) is 6.08 Å². The summed E-state index contributed by atoms with van der Waals surface area (Å²) in [5.41, 5.74) is 0. The van der Waals surface area contributed by atoms with Crippen molar-refractivity contribution in [3.05, 3.63) is 12.7 Å². The van der Waals surface area contributed by atoms with Crippen molar-refractivity contribution >= 4 is 11.9 Å². The van der Waals surface area contributed by atoms with Gasteiger partial charge in [-0.25, -0.2) is 0 Å². The number of rotatable bonds is 2. The number of allylic oxidation sites excluding steroid dienone is 1. The van der Waals surface area contributed by atoms with E-state index < -0.39 is 11.9 Å². The van der Waals surface area contributed by atoms with E-state index in [0.29, 0.717) is 6.42 Å². The van der Waals surface area contributed by atoms with Crippen LogP contribution in [0.3, 0.4) is 0 Å². The zero-order valence-corrected chi connectivity index (χ0v) is 5.50. The fourth-order valence-electron chi connectivity index (χ4n) is 0.902. The molecule has 1 heterocycles. The Kier molecular flexibility index (Phi) is 1.85. The summed E-state index contributed by atoms with van der Waals surface area (Å²) in [6.07, 6.45) is 2.36. The molecular formula is C7H8O3. The van der Waals surface area contributed by atoms with Crippen LogP contribution in [-0.4, -0.2) is 11.9 Å². The van der Waals surface area contributed by atoms with Gasteiger partial charge in [0.15, 0.2) is 0 Å². The average molecular weight is 140 g/mol. The van der Waals surface area contributed by atoms with Crippen LogP contribution < -0.4 is 0 Å². The number of carbonyl (C=O) groups excluding carboxylic acids is 2. The topological polar surface area (TPSA) is 43.4 Å². The standard InChI is InChI=1S/C7H8O3/c1-2-3-5-4-6(8)10-7(5)9/h2,5H,1,3-4H2/t5-/m1/s1. The Morgan fingerprint density at radius 3 is 2.80 bits per heavy atom. The molecule has 1 atom stereocenters. The average Bonchev–Trinajstić information content (AvgIpc) is 2.13. The van der Waals surface area contributed by atoms with Gasteiger partial charge >= 0.3 is 11.9 Å². The molecule has 0 saturated carbocycles. The van der Waals surface area contributed by atoms with Gasteiger partial charge in [0.1, 0.15) is 0 Å². The lowest BCUT2D eigenvalue weighted by molar-refractivity contribution is -0.153. The second-order valence-corrected chi connectivity index (χ2v) is 2.22. The van der Waals surface area contributed by atoms with Crippen LogP contribution in [0.25, 0.3) is 0 Å². The van der Waals surface area contributed by atoms with Crippen LogP contribution >= 0.6 is 0 Å². The van der Waals surface area contributed by atoms with Crippen molar-refractivity contribution in [1.82, 2.24) is 0 Å². The number of esters is 2. The van der Waals surface area contributed by atoms with Gasteiger partial charge in [-0.3, -0.25) is 9.59 Å². The van der Waals surface area contributed by atoms with E-state index in [4.69, 9.17) is 0 Å². The van der Waals surface area contributed by atoms with Crippen LogP contribution in [0.15, 0.2) is 12.7 Å². The molecule has 0 radical (unpaired) electrons. The minimum absolute atomic E-state index is 0.213. The number of carbonyl (C=O) groups is 2. The summed E-state index contributed by atoms with van der Waals surface area (Å²) in [7, 11) is 0. The van der Waals surface area contributed by atoms with Crippen LogP contribution in [0.5, 0.6) is 0 Å². The SMILES string of the molecule is C=CC[C@@H]1CC(=O)OC1=O. The van der Waals surface area contributed by atoms with Gasteiger partial charge in [0.2, 0.25) is 0 Å². The predicted octanol–water partition coefficient (Wildman–Crippen LogP) is 0.652. The van der Waals surface area contributed by atoms with Gasteiger partial charge in [0.25, 0.3) is 0 Å². The molecule has 1 saturated heterocycles. The van der Waals surface area contributed by atoms with Crippen LogP contribution in [0.2, 0.25) is 0 Å². The Morgan fingerprint density at radius 1 is 1.70 bits per heavy atom. The lowest BCUT2D eigenvalue weighted by Crippen LogP contribution is -2.05. The third kappa shape index (κ3) is 1.23. The summed E-state index contributed by atoms with van der Waals surface area (Å²) < 4.78 is 4.30. The molecule has 0 spiro atoms. The fraction of sp³-hybridized carbons (Fsp3) is 0.429. The molecule has 0 aromatic rings. The molecular weight excluding hydrogens is 132 g/mol. The Morgan fingerprint density at radius 2 is 2.40 bits per heavy atom. The highest BCUT2D eigenvalue weighted by molar-refractivity contribution is 5.94. The molecule has 3 heteroatoms. The molecule has 0 amide bonds. The van der Waals surface area contributed by atoms with E-state index >= 15 is 0 Å². The molecule has 0 bridgehead atoms. The molecule has 10 heavy (non-hydrogen) atoms. The molecule has 0 aromatic heterocycles. The summed E-state index contributed by atoms with van der Waals surface area (Å²) in [4.78, 5) is 21.1. The molecule has 1 rings (SSSR count).